The highest BCUT2D eigenvalue weighted by atomic mass is 32.2. The van der Waals surface area contributed by atoms with Gasteiger partial charge in [0.05, 0.1) is 20.8 Å². The molecular weight excluding hydrogens is 331 g/mol. The van der Waals surface area contributed by atoms with Crippen molar-refractivity contribution < 1.29 is 23.0 Å². The molecule has 0 fully saturated rings. The van der Waals surface area contributed by atoms with Crippen molar-refractivity contribution >= 4 is 23.1 Å². The Bertz CT molecular complexity index is 747. The van der Waals surface area contributed by atoms with E-state index in [2.05, 4.69) is 10.1 Å². The zero-order chi connectivity index (χ0) is 16.5. The summed E-state index contributed by atoms with van der Waals surface area (Å²) in [5, 5.41) is 26.0. The van der Waals surface area contributed by atoms with E-state index in [-0.39, 0.29) is 4.90 Å². The Labute approximate surface area is 122 Å². The van der Waals surface area contributed by atoms with Crippen LogP contribution in [0.5, 0.6) is 0 Å². The molecule has 1 aromatic heterocycles. The first-order valence-electron chi connectivity index (χ1n) is 5.29. The molecule has 0 aliphatic heterocycles. The second kappa shape index (κ2) is 5.59. The van der Waals surface area contributed by atoms with Gasteiger partial charge in [-0.15, -0.1) is 5.10 Å². The number of non-ortho nitro benzene ring substituents is 1. The summed E-state index contributed by atoms with van der Waals surface area (Å²) < 4.78 is 37.1. The van der Waals surface area contributed by atoms with Crippen LogP contribution in [0, 0.1) is 20.2 Å². The quantitative estimate of drug-likeness (QED) is 0.672. The molecule has 116 valence electrons. The number of aromatic nitrogens is 3. The minimum Gasteiger partial charge on any atom is -0.258 e. The summed E-state index contributed by atoms with van der Waals surface area (Å²) >= 11 is 0.482. The molecule has 22 heavy (non-hydrogen) atoms. The number of alkyl halides is 3. The second-order valence-corrected chi connectivity index (χ2v) is 4.74. The van der Waals surface area contributed by atoms with Crippen LogP contribution in [0.3, 0.4) is 0 Å². The minimum atomic E-state index is -4.73. The van der Waals surface area contributed by atoms with Gasteiger partial charge in [-0.25, -0.2) is 0 Å². The summed E-state index contributed by atoms with van der Waals surface area (Å²) in [7, 11) is 0. The van der Waals surface area contributed by atoms with Gasteiger partial charge < -0.3 is 0 Å². The molecule has 0 bridgehead atoms. The Morgan fingerprint density at radius 1 is 1.18 bits per heavy atom. The van der Waals surface area contributed by atoms with Crippen molar-refractivity contribution in [2.75, 3.05) is 0 Å². The van der Waals surface area contributed by atoms with Crippen molar-refractivity contribution in [3.8, 4) is 0 Å². The molecule has 2 aromatic rings. The fraction of sp³-hybridized carbons (Fsp3) is 0.111. The summed E-state index contributed by atoms with van der Waals surface area (Å²) in [6.07, 6.45) is -4.73. The number of rotatable bonds is 4. The van der Waals surface area contributed by atoms with E-state index in [1.54, 1.807) is 5.10 Å². The van der Waals surface area contributed by atoms with E-state index in [9.17, 15) is 33.4 Å². The van der Waals surface area contributed by atoms with Crippen molar-refractivity contribution in [2.45, 2.75) is 16.2 Å². The summed E-state index contributed by atoms with van der Waals surface area (Å²) in [5.41, 5.74) is -1.14. The Kier molecular flexibility index (Phi) is 3.99. The highest BCUT2D eigenvalue weighted by Gasteiger charge is 2.35. The number of hydrogen-bond donors (Lipinski definition) is 1. The maximum Gasteiger partial charge on any atom is 0.451 e. The predicted molar refractivity (Wildman–Crippen MR) is 65.3 cm³/mol. The van der Waals surface area contributed by atoms with Gasteiger partial charge in [0.15, 0.2) is 0 Å². The summed E-state index contributed by atoms with van der Waals surface area (Å²) in [6.45, 7) is 0. The van der Waals surface area contributed by atoms with Crippen LogP contribution in [0.2, 0.25) is 0 Å². The van der Waals surface area contributed by atoms with Gasteiger partial charge in [-0.05, 0) is 17.8 Å². The maximum atomic E-state index is 12.4. The monoisotopic (exact) mass is 335 g/mol. The number of nitrogens with one attached hydrogen (secondary N) is 1. The van der Waals surface area contributed by atoms with Gasteiger partial charge in [0.2, 0.25) is 11.0 Å². The molecule has 0 aliphatic rings. The number of halogens is 3. The van der Waals surface area contributed by atoms with E-state index in [1.807, 2.05) is 0 Å². The Hall–Kier alpha value is -2.70. The Balaban J connectivity index is 2.35. The van der Waals surface area contributed by atoms with Crippen molar-refractivity contribution in [1.29, 1.82) is 0 Å². The normalized spacial score (nSPS) is 11.4. The Morgan fingerprint density at radius 2 is 1.86 bits per heavy atom. The van der Waals surface area contributed by atoms with Gasteiger partial charge in [0, 0.05) is 6.07 Å². The van der Waals surface area contributed by atoms with Crippen LogP contribution < -0.4 is 0 Å². The van der Waals surface area contributed by atoms with Crippen LogP contribution in [0.25, 0.3) is 0 Å². The van der Waals surface area contributed by atoms with Crippen LogP contribution in [-0.4, -0.2) is 25.0 Å². The van der Waals surface area contributed by atoms with Crippen LogP contribution in [-0.2, 0) is 6.18 Å². The van der Waals surface area contributed by atoms with E-state index in [0.717, 1.165) is 12.1 Å². The third-order valence-electron chi connectivity index (χ3n) is 2.28. The van der Waals surface area contributed by atoms with Crippen molar-refractivity contribution in [3.63, 3.8) is 0 Å². The zero-order valence-corrected chi connectivity index (χ0v) is 11.0. The fourth-order valence-corrected chi connectivity index (χ4v) is 2.16. The lowest BCUT2D eigenvalue weighted by Gasteiger charge is -2.00. The molecule has 1 aromatic carbocycles. The lowest BCUT2D eigenvalue weighted by Crippen LogP contribution is -2.07. The first kappa shape index (κ1) is 15.7. The largest absolute Gasteiger partial charge is 0.451 e. The van der Waals surface area contributed by atoms with Gasteiger partial charge in [0.25, 0.3) is 11.4 Å². The lowest BCUT2D eigenvalue weighted by atomic mass is 10.3. The lowest BCUT2D eigenvalue weighted by molar-refractivity contribution is -0.396. The topological polar surface area (TPSA) is 128 Å². The van der Waals surface area contributed by atoms with Crippen molar-refractivity contribution in [2.24, 2.45) is 0 Å². The molecule has 1 N–H and O–H groups in total. The smallest absolute Gasteiger partial charge is 0.258 e. The first-order chi connectivity index (χ1) is 10.2. The highest BCUT2D eigenvalue weighted by molar-refractivity contribution is 7.99. The summed E-state index contributed by atoms with van der Waals surface area (Å²) in [5.74, 6) is -1.35. The molecule has 2 rings (SSSR count). The third-order valence-corrected chi connectivity index (χ3v) is 3.21. The number of nitro benzene ring substituents is 2. The number of benzene rings is 1. The van der Waals surface area contributed by atoms with Gasteiger partial charge >= 0.3 is 6.18 Å². The molecule has 0 spiro atoms. The van der Waals surface area contributed by atoms with Crippen LogP contribution in [0.15, 0.2) is 28.3 Å². The molecule has 0 amide bonds. The summed E-state index contributed by atoms with van der Waals surface area (Å²) in [4.78, 5) is 22.8. The molecule has 0 saturated heterocycles. The molecule has 9 nitrogen and oxygen atoms in total. The first-order valence-corrected chi connectivity index (χ1v) is 6.10. The standard InChI is InChI=1S/C9H4F3N5O4S/c10-9(11,12)7-13-8(15-14-7)22-6-2-1-4(16(18)19)3-5(6)17(20)21/h1-3H,(H,13,14,15). The van der Waals surface area contributed by atoms with Crippen LogP contribution in [0.1, 0.15) is 5.82 Å². The maximum absolute atomic E-state index is 12.4. The average Bonchev–Trinajstić information content (AvgIpc) is 2.87. The average molecular weight is 335 g/mol. The summed E-state index contributed by atoms with van der Waals surface area (Å²) in [6, 6.07) is 2.75. The number of hydrogen-bond acceptors (Lipinski definition) is 7. The van der Waals surface area contributed by atoms with Gasteiger partial charge in [-0.1, -0.05) is 0 Å². The Morgan fingerprint density at radius 3 is 2.36 bits per heavy atom. The van der Waals surface area contributed by atoms with Gasteiger partial charge in [-0.3, -0.25) is 25.3 Å². The molecule has 13 heteroatoms. The predicted octanol–water partition coefficient (Wildman–Crippen LogP) is 2.79. The van der Waals surface area contributed by atoms with Crippen molar-refractivity contribution in [1.82, 2.24) is 15.2 Å². The van der Waals surface area contributed by atoms with Gasteiger partial charge in [0.1, 0.15) is 0 Å². The van der Waals surface area contributed by atoms with Crippen LogP contribution in [0.4, 0.5) is 24.5 Å². The number of H-pyrrole nitrogens is 1. The molecule has 0 radical (unpaired) electrons. The van der Waals surface area contributed by atoms with E-state index < -0.39 is 38.4 Å². The molecule has 0 atom stereocenters. The number of nitro groups is 2. The second-order valence-electron chi connectivity index (χ2n) is 3.73. The molecular formula is C9H4F3N5O4S. The molecule has 1 heterocycles. The third kappa shape index (κ3) is 3.30. The molecule has 0 saturated carbocycles. The fourth-order valence-electron chi connectivity index (χ4n) is 1.37. The minimum absolute atomic E-state index is 0.122. The van der Waals surface area contributed by atoms with E-state index in [0.29, 0.717) is 17.8 Å². The number of aromatic amines is 1. The van der Waals surface area contributed by atoms with Crippen molar-refractivity contribution in [3.05, 3.63) is 44.3 Å². The highest BCUT2D eigenvalue weighted by Crippen LogP contribution is 2.36. The SMILES string of the molecule is O=[N+]([O-])c1ccc(Sc2n[nH]c(C(F)(F)F)n2)c([N+](=O)[O-])c1. The van der Waals surface area contributed by atoms with Gasteiger partial charge in [-0.2, -0.15) is 18.2 Å². The van der Waals surface area contributed by atoms with E-state index in [4.69, 9.17) is 0 Å². The molecule has 0 aliphatic carbocycles. The zero-order valence-electron chi connectivity index (χ0n) is 10.2. The van der Waals surface area contributed by atoms with Crippen LogP contribution >= 0.6 is 11.8 Å². The molecule has 0 unspecified atom stereocenters. The number of nitrogens with zero attached hydrogens (tertiary/aromatic N) is 4. The van der Waals surface area contributed by atoms with E-state index in [1.165, 1.54) is 0 Å². The van der Waals surface area contributed by atoms with E-state index >= 15 is 0 Å².